The average molecular weight is 373 g/mol. The summed E-state index contributed by atoms with van der Waals surface area (Å²) >= 11 is 5.91. The molecule has 0 N–H and O–H groups in total. The summed E-state index contributed by atoms with van der Waals surface area (Å²) in [6.07, 6.45) is 0. The number of nitro benzene ring substituents is 1. The van der Waals surface area contributed by atoms with Crippen LogP contribution < -0.4 is 0 Å². The maximum atomic E-state index is 12.7. The van der Waals surface area contributed by atoms with Crippen LogP contribution in [0.25, 0.3) is 0 Å². The van der Waals surface area contributed by atoms with Gasteiger partial charge in [-0.15, -0.1) is 0 Å². The summed E-state index contributed by atoms with van der Waals surface area (Å²) in [6, 6.07) is 5.10. The minimum Gasteiger partial charge on any atom is -0.462 e. The second kappa shape index (κ2) is 7.62. The predicted octanol–water partition coefficient (Wildman–Crippen LogP) is 3.54. The third-order valence-electron chi connectivity index (χ3n) is 2.68. The Morgan fingerprint density at radius 3 is 2.74 bits per heavy atom. The maximum absolute atomic E-state index is 12.7. The van der Waals surface area contributed by atoms with Crippen molar-refractivity contribution in [1.82, 2.24) is 0 Å². The lowest BCUT2D eigenvalue weighted by Gasteiger charge is -2.08. The molecule has 0 amide bonds. The van der Waals surface area contributed by atoms with Crippen molar-refractivity contribution in [1.29, 1.82) is 0 Å². The van der Waals surface area contributed by atoms with E-state index in [1.54, 1.807) is 6.92 Å². The average Bonchev–Trinajstić information content (AvgIpc) is 2.94. The molecule has 0 saturated carbocycles. The molecule has 0 aliphatic carbocycles. The first-order chi connectivity index (χ1) is 11.0. The molecule has 120 valence electrons. The van der Waals surface area contributed by atoms with Crippen molar-refractivity contribution in [2.75, 3.05) is 6.61 Å². The van der Waals surface area contributed by atoms with Crippen LogP contribution in [0.4, 0.5) is 5.69 Å². The molecular formula is C13H9ClN2O5S2. The fraction of sp³-hybridized carbons (Fsp3) is 0.154. The first-order valence-corrected chi connectivity index (χ1v) is 8.72. The Labute approximate surface area is 143 Å². The minimum atomic E-state index is -0.845. The number of rotatable bonds is 5. The number of esters is 1. The molecule has 7 nitrogen and oxygen atoms in total. The molecule has 0 radical (unpaired) electrons. The number of allylic oxidation sites excluding steroid dienone is 1. The van der Waals surface area contributed by atoms with Crippen LogP contribution in [0, 0.1) is 10.1 Å². The number of nitro groups is 1. The molecule has 1 heterocycles. The number of benzene rings is 1. The topological polar surface area (TPSA) is 98.9 Å². The zero-order valence-electron chi connectivity index (χ0n) is 11.6. The van der Waals surface area contributed by atoms with E-state index in [1.165, 1.54) is 18.2 Å². The van der Waals surface area contributed by atoms with Gasteiger partial charge in [0.25, 0.3) is 5.69 Å². The second-order valence-corrected chi connectivity index (χ2v) is 6.31. The standard InChI is InChI=1S/C13H9ClN2O5S2/c1-2-21-13(18)9(11-12(14)15-23-22-11)10(17)7-4-3-5-8(6-7)16(19)20/h3-6H,2H2,1H3/b11-9+. The van der Waals surface area contributed by atoms with E-state index in [9.17, 15) is 19.7 Å². The Bertz CT molecular complexity index is 748. The first-order valence-electron chi connectivity index (χ1n) is 6.23. The molecule has 1 aromatic carbocycles. The zero-order valence-corrected chi connectivity index (χ0v) is 14.0. The molecule has 1 aliphatic heterocycles. The van der Waals surface area contributed by atoms with Crippen LogP contribution in [0.15, 0.2) is 39.1 Å². The van der Waals surface area contributed by atoms with Crippen molar-refractivity contribution in [3.05, 3.63) is 50.4 Å². The fourth-order valence-corrected chi connectivity index (χ4v) is 4.03. The van der Waals surface area contributed by atoms with Crippen molar-refractivity contribution in [2.24, 2.45) is 4.40 Å². The molecule has 0 bridgehead atoms. The highest BCUT2D eigenvalue weighted by Gasteiger charge is 2.31. The molecule has 0 atom stereocenters. The van der Waals surface area contributed by atoms with Crippen molar-refractivity contribution in [3.8, 4) is 0 Å². The van der Waals surface area contributed by atoms with Crippen LogP contribution in [0.5, 0.6) is 0 Å². The van der Waals surface area contributed by atoms with Gasteiger partial charge in [0, 0.05) is 17.7 Å². The Kier molecular flexibility index (Phi) is 5.80. The summed E-state index contributed by atoms with van der Waals surface area (Å²) in [5, 5.41) is 10.8. The third kappa shape index (κ3) is 3.92. The van der Waals surface area contributed by atoms with Gasteiger partial charge in [-0.1, -0.05) is 23.7 Å². The van der Waals surface area contributed by atoms with Gasteiger partial charge in [-0.05, 0) is 17.7 Å². The summed E-state index contributed by atoms with van der Waals surface area (Å²) in [5.41, 5.74) is -0.537. The lowest BCUT2D eigenvalue weighted by atomic mass is 10.0. The number of ether oxygens (including phenoxy) is 1. The molecule has 1 aromatic rings. The Morgan fingerprint density at radius 1 is 1.43 bits per heavy atom. The minimum absolute atomic E-state index is 0.00304. The van der Waals surface area contributed by atoms with Gasteiger partial charge in [0.05, 0.1) is 27.4 Å². The number of ketones is 1. The Morgan fingerprint density at radius 2 is 2.17 bits per heavy atom. The SMILES string of the molecule is CCOC(=O)/C(C(=O)c1cccc([N+](=O)[O-])c1)=C1/SSN=C1Cl. The zero-order chi connectivity index (χ0) is 17.0. The van der Waals surface area contributed by atoms with Gasteiger partial charge in [0.15, 0.2) is 5.17 Å². The number of halogens is 1. The molecule has 23 heavy (non-hydrogen) atoms. The number of hydrogen-bond acceptors (Lipinski definition) is 8. The highest BCUT2D eigenvalue weighted by molar-refractivity contribution is 8.78. The van der Waals surface area contributed by atoms with E-state index in [-0.39, 0.29) is 33.5 Å². The smallest absolute Gasteiger partial charge is 0.343 e. The quantitative estimate of drug-likeness (QED) is 0.0896. The lowest BCUT2D eigenvalue weighted by Crippen LogP contribution is -2.19. The van der Waals surface area contributed by atoms with Crippen LogP contribution >= 0.6 is 33.4 Å². The maximum Gasteiger partial charge on any atom is 0.343 e. The number of hydrogen-bond donors (Lipinski definition) is 0. The molecule has 0 aromatic heterocycles. The van der Waals surface area contributed by atoms with Crippen LogP contribution in [-0.2, 0) is 9.53 Å². The molecule has 2 rings (SSSR count). The highest BCUT2D eigenvalue weighted by atomic mass is 35.5. The van der Waals surface area contributed by atoms with E-state index < -0.39 is 16.7 Å². The van der Waals surface area contributed by atoms with Gasteiger partial charge in [-0.25, -0.2) is 4.79 Å². The van der Waals surface area contributed by atoms with E-state index in [0.717, 1.165) is 27.8 Å². The lowest BCUT2D eigenvalue weighted by molar-refractivity contribution is -0.384. The van der Waals surface area contributed by atoms with E-state index in [1.807, 2.05) is 0 Å². The summed E-state index contributed by atoms with van der Waals surface area (Å²) in [5.74, 6) is -1.55. The van der Waals surface area contributed by atoms with Crippen LogP contribution in [0.1, 0.15) is 17.3 Å². The Balaban J connectivity index is 2.50. The van der Waals surface area contributed by atoms with Gasteiger partial charge in [-0.3, -0.25) is 14.9 Å². The van der Waals surface area contributed by atoms with Gasteiger partial charge in [0.2, 0.25) is 5.78 Å². The molecular weight excluding hydrogens is 364 g/mol. The summed E-state index contributed by atoms with van der Waals surface area (Å²) < 4.78 is 8.74. The second-order valence-electron chi connectivity index (χ2n) is 4.10. The summed E-state index contributed by atoms with van der Waals surface area (Å²) in [6.45, 7) is 1.68. The number of nitrogens with zero attached hydrogens (tertiary/aromatic N) is 2. The molecule has 10 heteroatoms. The van der Waals surface area contributed by atoms with E-state index in [0.29, 0.717) is 0 Å². The first kappa shape index (κ1) is 17.5. The molecule has 0 fully saturated rings. The van der Waals surface area contributed by atoms with E-state index >= 15 is 0 Å². The van der Waals surface area contributed by atoms with E-state index in [4.69, 9.17) is 16.3 Å². The van der Waals surface area contributed by atoms with Crippen molar-refractivity contribution >= 4 is 56.0 Å². The van der Waals surface area contributed by atoms with Crippen LogP contribution in [-0.4, -0.2) is 28.5 Å². The summed E-state index contributed by atoms with van der Waals surface area (Å²) in [4.78, 5) is 35.2. The fourth-order valence-electron chi connectivity index (χ4n) is 1.71. The van der Waals surface area contributed by atoms with Crippen LogP contribution in [0.2, 0.25) is 0 Å². The number of carbonyl (C=O) groups excluding carboxylic acids is 2. The van der Waals surface area contributed by atoms with Gasteiger partial charge in [-0.2, -0.15) is 4.40 Å². The molecule has 1 aliphatic rings. The predicted molar refractivity (Wildman–Crippen MR) is 89.6 cm³/mol. The largest absolute Gasteiger partial charge is 0.462 e. The number of carbonyl (C=O) groups is 2. The van der Waals surface area contributed by atoms with Gasteiger partial charge < -0.3 is 4.74 Å². The van der Waals surface area contributed by atoms with Crippen LogP contribution in [0.3, 0.4) is 0 Å². The van der Waals surface area contributed by atoms with Crippen molar-refractivity contribution in [3.63, 3.8) is 0 Å². The third-order valence-corrected chi connectivity index (χ3v) is 5.01. The van der Waals surface area contributed by atoms with Gasteiger partial charge in [0.1, 0.15) is 5.57 Å². The van der Waals surface area contributed by atoms with Gasteiger partial charge >= 0.3 is 5.97 Å². The van der Waals surface area contributed by atoms with Crippen molar-refractivity contribution in [2.45, 2.75) is 6.92 Å². The highest BCUT2D eigenvalue weighted by Crippen LogP contribution is 2.43. The van der Waals surface area contributed by atoms with E-state index in [2.05, 4.69) is 4.40 Å². The normalized spacial score (nSPS) is 15.8. The molecule has 0 saturated heterocycles. The van der Waals surface area contributed by atoms with Crippen molar-refractivity contribution < 1.29 is 19.2 Å². The number of Topliss-reactive ketones (excluding diaryl/α,β-unsaturated/α-hetero) is 1. The monoisotopic (exact) mass is 372 g/mol. The summed E-state index contributed by atoms with van der Waals surface area (Å²) in [7, 11) is 2.07. The number of non-ortho nitro benzene ring substituents is 1. The molecule has 0 spiro atoms. The Hall–Kier alpha value is -1.84. The molecule has 0 unspecified atom stereocenters.